The molecular weight excluding hydrogens is 248 g/mol. The van der Waals surface area contributed by atoms with Crippen molar-refractivity contribution in [2.75, 3.05) is 18.6 Å². The quantitative estimate of drug-likeness (QED) is 0.657. The van der Waals surface area contributed by atoms with E-state index in [0.717, 1.165) is 5.75 Å². The van der Waals surface area contributed by atoms with Crippen LogP contribution in [0.5, 0.6) is 0 Å². The van der Waals surface area contributed by atoms with Gasteiger partial charge < -0.3 is 0 Å². The minimum atomic E-state index is -0.895. The molecule has 0 radical (unpaired) electrons. The van der Waals surface area contributed by atoms with Crippen LogP contribution in [-0.4, -0.2) is 34.6 Å². The number of hydrazine groups is 1. The summed E-state index contributed by atoms with van der Waals surface area (Å²) in [6.45, 7) is 1.84. The van der Waals surface area contributed by atoms with E-state index >= 15 is 0 Å². The maximum Gasteiger partial charge on any atom is 0.151 e. The van der Waals surface area contributed by atoms with Crippen molar-refractivity contribution < 1.29 is 9.00 Å². The molecule has 0 bridgehead atoms. The van der Waals surface area contributed by atoms with E-state index in [0.29, 0.717) is 18.1 Å². The van der Waals surface area contributed by atoms with Crippen molar-refractivity contribution in [3.8, 4) is 0 Å². The first-order valence-corrected chi connectivity index (χ1v) is 8.46. The van der Waals surface area contributed by atoms with Crippen molar-refractivity contribution in [1.29, 1.82) is 0 Å². The van der Waals surface area contributed by atoms with E-state index < -0.39 is 10.8 Å². The number of ketones is 1. The maximum atomic E-state index is 12.1. The van der Waals surface area contributed by atoms with Crippen LogP contribution >= 0.6 is 0 Å². The average molecular weight is 274 g/mol. The number of hydrogen-bond donors (Lipinski definition) is 2. The van der Waals surface area contributed by atoms with Gasteiger partial charge in [0.15, 0.2) is 5.78 Å². The van der Waals surface area contributed by atoms with E-state index in [9.17, 15) is 9.00 Å². The van der Waals surface area contributed by atoms with Gasteiger partial charge in [-0.3, -0.25) is 14.4 Å². The highest BCUT2D eigenvalue weighted by Gasteiger charge is 2.22. The van der Waals surface area contributed by atoms with Crippen LogP contribution in [0.25, 0.3) is 0 Å². The Balaban J connectivity index is 2.37. The molecule has 5 heteroatoms. The largest absolute Gasteiger partial charge is 0.298 e. The number of hydrogen-bond acceptors (Lipinski definition) is 4. The lowest BCUT2D eigenvalue weighted by atomic mass is 9.91. The Labute approximate surface area is 113 Å². The predicted molar refractivity (Wildman–Crippen MR) is 75.7 cm³/mol. The number of Topliss-reactive ketones (excluding diaryl/α,β-unsaturated/α-hetero) is 1. The smallest absolute Gasteiger partial charge is 0.151 e. The number of nitrogens with one attached hydrogen (secondary N) is 2. The lowest BCUT2D eigenvalue weighted by molar-refractivity contribution is -0.120. The Morgan fingerprint density at radius 3 is 2.56 bits per heavy atom. The van der Waals surface area contributed by atoms with Gasteiger partial charge in [0, 0.05) is 28.7 Å². The second kappa shape index (κ2) is 8.77. The van der Waals surface area contributed by atoms with Gasteiger partial charge in [-0.05, 0) is 25.8 Å². The number of rotatable bonds is 8. The third-order valence-corrected chi connectivity index (χ3v) is 5.10. The highest BCUT2D eigenvalue weighted by molar-refractivity contribution is 7.85. The first-order valence-electron chi connectivity index (χ1n) is 6.97. The molecule has 1 rings (SSSR count). The van der Waals surface area contributed by atoms with Crippen LogP contribution in [-0.2, 0) is 15.6 Å². The van der Waals surface area contributed by atoms with Gasteiger partial charge in [0.1, 0.15) is 0 Å². The fourth-order valence-electron chi connectivity index (χ4n) is 2.51. The maximum absolute atomic E-state index is 12.1. The zero-order chi connectivity index (χ0) is 13.4. The standard InChI is InChI=1S/C13H26N2O2S/c1-3-13(16)12(15-14-2)10-18(17)9-11-7-5-4-6-8-11/h11-12,14-15H,3-10H2,1-2H3. The van der Waals surface area contributed by atoms with Crippen LogP contribution in [0.15, 0.2) is 0 Å². The SMILES string of the molecule is CCC(=O)C(CS(=O)CC1CCCCC1)NNC. The molecule has 0 aromatic rings. The molecule has 2 N–H and O–H groups in total. The van der Waals surface area contributed by atoms with E-state index in [2.05, 4.69) is 10.9 Å². The van der Waals surface area contributed by atoms with Gasteiger partial charge in [0.25, 0.3) is 0 Å². The molecule has 1 fully saturated rings. The molecule has 0 amide bonds. The first kappa shape index (κ1) is 15.8. The summed E-state index contributed by atoms with van der Waals surface area (Å²) in [7, 11) is 0.841. The summed E-state index contributed by atoms with van der Waals surface area (Å²) in [6.07, 6.45) is 6.76. The predicted octanol–water partition coefficient (Wildman–Crippen LogP) is 1.39. The van der Waals surface area contributed by atoms with E-state index in [1.165, 1.54) is 32.1 Å². The van der Waals surface area contributed by atoms with Crippen LogP contribution < -0.4 is 10.9 Å². The number of carbonyl (C=O) groups excluding carboxylic acids is 1. The van der Waals surface area contributed by atoms with Gasteiger partial charge in [-0.2, -0.15) is 0 Å². The molecule has 0 saturated heterocycles. The van der Waals surface area contributed by atoms with Crippen LogP contribution in [0.1, 0.15) is 45.4 Å². The Bertz CT molecular complexity index is 278. The topological polar surface area (TPSA) is 58.2 Å². The fourth-order valence-corrected chi connectivity index (χ4v) is 4.14. The Hall–Kier alpha value is -0.260. The van der Waals surface area contributed by atoms with Crippen LogP contribution in [0.4, 0.5) is 0 Å². The van der Waals surface area contributed by atoms with E-state index in [4.69, 9.17) is 0 Å². The van der Waals surface area contributed by atoms with Gasteiger partial charge >= 0.3 is 0 Å². The molecule has 0 heterocycles. The van der Waals surface area contributed by atoms with Crippen LogP contribution in [0.3, 0.4) is 0 Å². The minimum absolute atomic E-state index is 0.126. The second-order valence-electron chi connectivity index (χ2n) is 5.04. The molecule has 1 aliphatic carbocycles. The van der Waals surface area contributed by atoms with Gasteiger partial charge in [-0.1, -0.05) is 26.2 Å². The lowest BCUT2D eigenvalue weighted by Gasteiger charge is -2.22. The molecule has 18 heavy (non-hydrogen) atoms. The van der Waals surface area contributed by atoms with E-state index in [1.54, 1.807) is 7.05 Å². The van der Waals surface area contributed by atoms with Gasteiger partial charge in [0.2, 0.25) is 0 Å². The molecule has 106 valence electrons. The highest BCUT2D eigenvalue weighted by atomic mass is 32.2. The third-order valence-electron chi connectivity index (χ3n) is 3.55. The fraction of sp³-hybridized carbons (Fsp3) is 0.923. The minimum Gasteiger partial charge on any atom is -0.298 e. The summed E-state index contributed by atoms with van der Waals surface area (Å²) in [5.74, 6) is 1.93. The zero-order valence-electron chi connectivity index (χ0n) is 11.5. The van der Waals surface area contributed by atoms with E-state index in [-0.39, 0.29) is 11.8 Å². The van der Waals surface area contributed by atoms with Crippen LogP contribution in [0, 0.1) is 5.92 Å². The van der Waals surface area contributed by atoms with Gasteiger partial charge in [-0.25, -0.2) is 5.43 Å². The molecule has 2 unspecified atom stereocenters. The van der Waals surface area contributed by atoms with Gasteiger partial charge in [0.05, 0.1) is 6.04 Å². The normalized spacial score (nSPS) is 20.6. The van der Waals surface area contributed by atoms with E-state index in [1.807, 2.05) is 6.92 Å². The van der Waals surface area contributed by atoms with Crippen molar-refractivity contribution in [2.24, 2.45) is 5.92 Å². The Morgan fingerprint density at radius 2 is 2.00 bits per heavy atom. The Morgan fingerprint density at radius 1 is 1.33 bits per heavy atom. The Kier molecular flexibility index (Phi) is 7.70. The van der Waals surface area contributed by atoms with Crippen molar-refractivity contribution in [3.05, 3.63) is 0 Å². The highest BCUT2D eigenvalue weighted by Crippen LogP contribution is 2.24. The molecule has 0 spiro atoms. The summed E-state index contributed by atoms with van der Waals surface area (Å²) in [5, 5.41) is 0. The first-order chi connectivity index (χ1) is 8.67. The van der Waals surface area contributed by atoms with Crippen LogP contribution in [0.2, 0.25) is 0 Å². The van der Waals surface area contributed by atoms with Crippen molar-refractivity contribution in [1.82, 2.24) is 10.9 Å². The number of carbonyl (C=O) groups is 1. The summed E-state index contributed by atoms with van der Waals surface area (Å²) in [4.78, 5) is 11.7. The lowest BCUT2D eigenvalue weighted by Crippen LogP contribution is -2.47. The summed E-state index contributed by atoms with van der Waals surface area (Å²) < 4.78 is 12.1. The summed E-state index contributed by atoms with van der Waals surface area (Å²) in [5.41, 5.74) is 5.70. The summed E-state index contributed by atoms with van der Waals surface area (Å²) in [6, 6.07) is -0.315. The molecule has 1 aliphatic rings. The second-order valence-corrected chi connectivity index (χ2v) is 6.59. The molecule has 4 nitrogen and oxygen atoms in total. The van der Waals surface area contributed by atoms with Crippen molar-refractivity contribution in [3.63, 3.8) is 0 Å². The molecule has 0 aliphatic heterocycles. The van der Waals surface area contributed by atoms with Gasteiger partial charge in [-0.15, -0.1) is 0 Å². The van der Waals surface area contributed by atoms with Crippen molar-refractivity contribution >= 4 is 16.6 Å². The third kappa shape index (κ3) is 5.59. The summed E-state index contributed by atoms with van der Waals surface area (Å²) >= 11 is 0. The molecule has 2 atom stereocenters. The zero-order valence-corrected chi connectivity index (χ0v) is 12.4. The molecular formula is C13H26N2O2S. The molecule has 1 saturated carbocycles. The monoisotopic (exact) mass is 274 g/mol. The molecule has 0 aromatic heterocycles. The molecule has 0 aromatic carbocycles. The van der Waals surface area contributed by atoms with Crippen molar-refractivity contribution in [2.45, 2.75) is 51.5 Å². The average Bonchev–Trinajstić information content (AvgIpc) is 2.38.